The van der Waals surface area contributed by atoms with Gasteiger partial charge in [0.2, 0.25) is 0 Å². The van der Waals surface area contributed by atoms with E-state index in [-0.39, 0.29) is 11.9 Å². The highest BCUT2D eigenvalue weighted by atomic mass is 16.2. The molecule has 25 heavy (non-hydrogen) atoms. The standard InChI is InChI=1S/C22H18N2O/c1-16-20(17-10-4-2-5-11-17)21(18-12-6-3-7-13-18)22(25)24(16)19-14-8-9-15-23-19/h2-16H,1H3. The van der Waals surface area contributed by atoms with E-state index >= 15 is 0 Å². The lowest BCUT2D eigenvalue weighted by molar-refractivity contribution is -0.113. The smallest absolute Gasteiger partial charge is 0.260 e. The van der Waals surface area contributed by atoms with Gasteiger partial charge < -0.3 is 0 Å². The van der Waals surface area contributed by atoms with Crippen LogP contribution in [0.3, 0.4) is 0 Å². The highest BCUT2D eigenvalue weighted by molar-refractivity contribution is 6.37. The van der Waals surface area contributed by atoms with Crippen LogP contribution in [0.1, 0.15) is 18.1 Å². The molecule has 0 aliphatic carbocycles. The second-order valence-corrected chi connectivity index (χ2v) is 6.06. The lowest BCUT2D eigenvalue weighted by atomic mass is 9.93. The van der Waals surface area contributed by atoms with Crippen LogP contribution in [0.5, 0.6) is 0 Å². The third-order valence-corrected chi connectivity index (χ3v) is 4.55. The van der Waals surface area contributed by atoms with Gasteiger partial charge in [0, 0.05) is 6.20 Å². The zero-order chi connectivity index (χ0) is 17.2. The zero-order valence-electron chi connectivity index (χ0n) is 14.0. The molecule has 1 amide bonds. The molecule has 1 aliphatic rings. The number of hydrogen-bond donors (Lipinski definition) is 0. The van der Waals surface area contributed by atoms with Crippen LogP contribution >= 0.6 is 0 Å². The second kappa shape index (κ2) is 6.36. The number of benzene rings is 2. The third-order valence-electron chi connectivity index (χ3n) is 4.55. The molecular formula is C22H18N2O. The van der Waals surface area contributed by atoms with Crippen LogP contribution in [0.4, 0.5) is 5.82 Å². The molecule has 1 aromatic heterocycles. The molecule has 3 nitrogen and oxygen atoms in total. The monoisotopic (exact) mass is 326 g/mol. The van der Waals surface area contributed by atoms with E-state index in [0.717, 1.165) is 22.3 Å². The molecule has 3 aromatic rings. The minimum absolute atomic E-state index is 0.00347. The maximum Gasteiger partial charge on any atom is 0.260 e. The lowest BCUT2D eigenvalue weighted by Gasteiger charge is -2.23. The van der Waals surface area contributed by atoms with Gasteiger partial charge in [0.15, 0.2) is 0 Å². The minimum atomic E-state index is -0.0833. The molecule has 0 saturated heterocycles. The first kappa shape index (κ1) is 15.3. The van der Waals surface area contributed by atoms with Crippen molar-refractivity contribution in [2.75, 3.05) is 4.90 Å². The van der Waals surface area contributed by atoms with Crippen LogP contribution in [0.2, 0.25) is 0 Å². The maximum atomic E-state index is 13.3. The van der Waals surface area contributed by atoms with Crippen molar-refractivity contribution in [1.29, 1.82) is 0 Å². The van der Waals surface area contributed by atoms with Crippen molar-refractivity contribution in [2.45, 2.75) is 13.0 Å². The van der Waals surface area contributed by atoms with Gasteiger partial charge in [0.1, 0.15) is 5.82 Å². The Morgan fingerprint density at radius 2 is 1.40 bits per heavy atom. The van der Waals surface area contributed by atoms with Gasteiger partial charge in [0.25, 0.3) is 5.91 Å². The summed E-state index contributed by atoms with van der Waals surface area (Å²) < 4.78 is 0. The Kier molecular flexibility index (Phi) is 3.90. The van der Waals surface area contributed by atoms with Crippen LogP contribution in [-0.4, -0.2) is 16.9 Å². The number of aromatic nitrogens is 1. The van der Waals surface area contributed by atoms with Crippen molar-refractivity contribution in [3.63, 3.8) is 0 Å². The summed E-state index contributed by atoms with van der Waals surface area (Å²) in [5.41, 5.74) is 3.81. The Hall–Kier alpha value is -3.20. The molecule has 0 fully saturated rings. The molecule has 0 radical (unpaired) electrons. The van der Waals surface area contributed by atoms with Gasteiger partial charge in [0.05, 0.1) is 11.6 Å². The molecule has 0 saturated carbocycles. The molecule has 1 aliphatic heterocycles. The van der Waals surface area contributed by atoms with Crippen molar-refractivity contribution in [3.05, 3.63) is 96.2 Å². The fourth-order valence-electron chi connectivity index (χ4n) is 3.44. The summed E-state index contributed by atoms with van der Waals surface area (Å²) in [6.45, 7) is 2.06. The number of carbonyl (C=O) groups is 1. The van der Waals surface area contributed by atoms with Crippen LogP contribution in [0, 0.1) is 0 Å². The quantitative estimate of drug-likeness (QED) is 0.713. The number of rotatable bonds is 3. The highest BCUT2D eigenvalue weighted by Gasteiger charge is 2.39. The predicted octanol–water partition coefficient (Wildman–Crippen LogP) is 4.43. The summed E-state index contributed by atoms with van der Waals surface area (Å²) in [6, 6.07) is 25.6. The first-order valence-electron chi connectivity index (χ1n) is 8.37. The lowest BCUT2D eigenvalue weighted by Crippen LogP contribution is -2.34. The predicted molar refractivity (Wildman–Crippen MR) is 101 cm³/mol. The molecule has 1 unspecified atom stereocenters. The van der Waals surface area contributed by atoms with Crippen LogP contribution in [-0.2, 0) is 4.79 Å². The summed E-state index contributed by atoms with van der Waals surface area (Å²) in [7, 11) is 0. The molecule has 1 atom stereocenters. The largest absolute Gasteiger partial charge is 0.285 e. The number of pyridine rings is 1. The topological polar surface area (TPSA) is 33.2 Å². The van der Waals surface area contributed by atoms with Crippen molar-refractivity contribution in [3.8, 4) is 0 Å². The first-order valence-corrected chi connectivity index (χ1v) is 8.37. The molecular weight excluding hydrogens is 308 g/mol. The third kappa shape index (κ3) is 2.64. The summed E-state index contributed by atoms with van der Waals surface area (Å²) in [5, 5.41) is 0. The normalized spacial score (nSPS) is 17.2. The van der Waals surface area contributed by atoms with Crippen molar-refractivity contribution < 1.29 is 4.79 Å². The molecule has 0 bridgehead atoms. The summed E-state index contributed by atoms with van der Waals surface area (Å²) >= 11 is 0. The van der Waals surface area contributed by atoms with Gasteiger partial charge in [-0.25, -0.2) is 4.98 Å². The van der Waals surface area contributed by atoms with E-state index in [4.69, 9.17) is 0 Å². The van der Waals surface area contributed by atoms with Crippen LogP contribution in [0.25, 0.3) is 11.1 Å². The second-order valence-electron chi connectivity index (χ2n) is 6.06. The molecule has 122 valence electrons. The number of amides is 1. The van der Waals surface area contributed by atoms with E-state index in [1.54, 1.807) is 11.1 Å². The summed E-state index contributed by atoms with van der Waals surface area (Å²) in [6.07, 6.45) is 1.72. The molecule has 0 spiro atoms. The van der Waals surface area contributed by atoms with Crippen molar-refractivity contribution in [1.82, 2.24) is 4.98 Å². The van der Waals surface area contributed by atoms with Gasteiger partial charge in [-0.2, -0.15) is 0 Å². The summed E-state index contributed by atoms with van der Waals surface area (Å²) in [5.74, 6) is 0.676. The average Bonchev–Trinajstić information content (AvgIpc) is 2.94. The Bertz CT molecular complexity index is 918. The SMILES string of the molecule is CC1C(c2ccccc2)=C(c2ccccc2)C(=O)N1c1ccccn1. The van der Waals surface area contributed by atoms with Gasteiger partial charge in [-0.05, 0) is 35.8 Å². The van der Waals surface area contributed by atoms with E-state index < -0.39 is 0 Å². The first-order chi connectivity index (χ1) is 12.3. The molecule has 4 rings (SSSR count). The zero-order valence-corrected chi connectivity index (χ0v) is 14.0. The Morgan fingerprint density at radius 1 is 0.800 bits per heavy atom. The number of nitrogens with zero attached hydrogens (tertiary/aromatic N) is 2. The number of hydrogen-bond acceptors (Lipinski definition) is 2. The van der Waals surface area contributed by atoms with Gasteiger partial charge in [-0.15, -0.1) is 0 Å². The number of carbonyl (C=O) groups excluding carboxylic acids is 1. The van der Waals surface area contributed by atoms with E-state index in [0.29, 0.717) is 5.82 Å². The molecule has 2 aromatic carbocycles. The molecule has 0 N–H and O–H groups in total. The minimum Gasteiger partial charge on any atom is -0.285 e. The van der Waals surface area contributed by atoms with E-state index in [1.165, 1.54) is 0 Å². The van der Waals surface area contributed by atoms with E-state index in [2.05, 4.69) is 24.0 Å². The van der Waals surface area contributed by atoms with Gasteiger partial charge in [-0.1, -0.05) is 66.7 Å². The van der Waals surface area contributed by atoms with Crippen LogP contribution < -0.4 is 4.90 Å². The Labute approximate surface area is 147 Å². The fourth-order valence-corrected chi connectivity index (χ4v) is 3.44. The Balaban J connectivity index is 1.91. The average molecular weight is 326 g/mol. The van der Waals surface area contributed by atoms with E-state index in [9.17, 15) is 4.79 Å². The van der Waals surface area contributed by atoms with Crippen LogP contribution in [0.15, 0.2) is 85.1 Å². The van der Waals surface area contributed by atoms with Gasteiger partial charge >= 0.3 is 0 Å². The maximum absolute atomic E-state index is 13.3. The van der Waals surface area contributed by atoms with Gasteiger partial charge in [-0.3, -0.25) is 9.69 Å². The molecule has 3 heteroatoms. The molecule has 2 heterocycles. The summed E-state index contributed by atoms with van der Waals surface area (Å²) in [4.78, 5) is 19.5. The fraction of sp³-hybridized carbons (Fsp3) is 0.0909. The van der Waals surface area contributed by atoms with Crippen molar-refractivity contribution in [2.24, 2.45) is 0 Å². The van der Waals surface area contributed by atoms with Crippen molar-refractivity contribution >= 4 is 22.9 Å². The van der Waals surface area contributed by atoms with E-state index in [1.807, 2.05) is 66.7 Å². The highest BCUT2D eigenvalue weighted by Crippen LogP contribution is 2.40. The Morgan fingerprint density at radius 3 is 2.00 bits per heavy atom. The number of anilines is 1.